The summed E-state index contributed by atoms with van der Waals surface area (Å²) < 4.78 is 16.4. The van der Waals surface area contributed by atoms with E-state index in [-0.39, 0.29) is 42.8 Å². The molecule has 9 heteroatoms. The molecule has 0 amide bonds. The Bertz CT molecular complexity index is 885. The van der Waals surface area contributed by atoms with E-state index in [0.29, 0.717) is 24.8 Å². The SMILES string of the molecule is CCCCC(=O)Oc1ccc(C(C(C)COC(=O)C(C)CC)[C@H](N)C(=O)O)cc1OC(=O)CCCC. The van der Waals surface area contributed by atoms with Gasteiger partial charge in [0.1, 0.15) is 6.04 Å². The van der Waals surface area contributed by atoms with Crippen LogP contribution in [0.15, 0.2) is 18.2 Å². The molecule has 1 aromatic rings. The van der Waals surface area contributed by atoms with Crippen LogP contribution in [-0.2, 0) is 23.9 Å². The first-order valence-corrected chi connectivity index (χ1v) is 12.8. The Kier molecular flexibility index (Phi) is 13.8. The van der Waals surface area contributed by atoms with Crippen LogP contribution in [0, 0.1) is 11.8 Å². The molecule has 3 N–H and O–H groups in total. The standard InChI is InChI=1S/C27H41NO8/c1-6-9-11-22(29)35-20-14-13-19(15-21(20)36-23(30)12-10-7-2)24(25(28)26(31)32)18(5)16-34-27(33)17(4)8-3/h13-15,17-18,24-25H,6-12,16,28H2,1-5H3,(H,31,32)/t17?,18?,24?,25-/m0/s1. The number of rotatable bonds is 16. The molecule has 0 bridgehead atoms. The molecule has 0 aliphatic rings. The van der Waals surface area contributed by atoms with Crippen molar-refractivity contribution in [3.63, 3.8) is 0 Å². The molecule has 0 saturated heterocycles. The van der Waals surface area contributed by atoms with Crippen LogP contribution >= 0.6 is 0 Å². The molecule has 0 heterocycles. The fraction of sp³-hybridized carbons (Fsp3) is 0.630. The average molecular weight is 508 g/mol. The first-order chi connectivity index (χ1) is 17.0. The highest BCUT2D eigenvalue weighted by molar-refractivity contribution is 5.77. The Morgan fingerprint density at radius 2 is 1.47 bits per heavy atom. The lowest BCUT2D eigenvalue weighted by molar-refractivity contribution is -0.149. The number of hydrogen-bond acceptors (Lipinski definition) is 8. The highest BCUT2D eigenvalue weighted by Crippen LogP contribution is 2.36. The van der Waals surface area contributed by atoms with E-state index in [1.54, 1.807) is 19.9 Å². The minimum atomic E-state index is -1.32. The van der Waals surface area contributed by atoms with Crippen molar-refractivity contribution < 1.29 is 38.5 Å². The lowest BCUT2D eigenvalue weighted by Gasteiger charge is -2.28. The van der Waals surface area contributed by atoms with Gasteiger partial charge in [-0.1, -0.05) is 53.5 Å². The quantitative estimate of drug-likeness (QED) is 0.242. The van der Waals surface area contributed by atoms with Gasteiger partial charge in [-0.2, -0.15) is 0 Å². The number of carboxylic acid groups (broad SMARTS) is 1. The van der Waals surface area contributed by atoms with Crippen molar-refractivity contribution in [3.05, 3.63) is 23.8 Å². The first-order valence-electron chi connectivity index (χ1n) is 12.8. The van der Waals surface area contributed by atoms with Gasteiger partial charge in [-0.3, -0.25) is 19.2 Å². The highest BCUT2D eigenvalue weighted by Gasteiger charge is 2.33. The number of hydrogen-bond donors (Lipinski definition) is 2. The zero-order chi connectivity index (χ0) is 27.3. The van der Waals surface area contributed by atoms with Crippen LogP contribution in [0.1, 0.15) is 91.0 Å². The molecule has 202 valence electrons. The summed E-state index contributed by atoms with van der Waals surface area (Å²) in [7, 11) is 0. The smallest absolute Gasteiger partial charge is 0.321 e. The van der Waals surface area contributed by atoms with Crippen LogP contribution in [0.3, 0.4) is 0 Å². The molecule has 0 aliphatic carbocycles. The third-order valence-corrected chi connectivity index (χ3v) is 6.06. The van der Waals surface area contributed by atoms with E-state index in [1.165, 1.54) is 12.1 Å². The van der Waals surface area contributed by atoms with Crippen molar-refractivity contribution >= 4 is 23.9 Å². The van der Waals surface area contributed by atoms with Crippen LogP contribution in [0.4, 0.5) is 0 Å². The number of carbonyl (C=O) groups is 4. The minimum Gasteiger partial charge on any atom is -0.480 e. The number of unbranched alkanes of at least 4 members (excludes halogenated alkanes) is 2. The number of ether oxygens (including phenoxy) is 3. The normalized spacial score (nSPS) is 14.3. The molecule has 36 heavy (non-hydrogen) atoms. The predicted molar refractivity (Wildman–Crippen MR) is 135 cm³/mol. The Balaban J connectivity index is 3.32. The number of aliphatic carboxylic acids is 1. The number of esters is 3. The van der Waals surface area contributed by atoms with E-state index in [1.807, 2.05) is 20.8 Å². The maximum Gasteiger partial charge on any atom is 0.321 e. The fourth-order valence-electron chi connectivity index (χ4n) is 3.56. The minimum absolute atomic E-state index is 0.0184. The third-order valence-electron chi connectivity index (χ3n) is 6.06. The van der Waals surface area contributed by atoms with Gasteiger partial charge in [-0.25, -0.2) is 0 Å². The van der Waals surface area contributed by atoms with Crippen molar-refractivity contribution in [3.8, 4) is 11.5 Å². The monoisotopic (exact) mass is 507 g/mol. The fourth-order valence-corrected chi connectivity index (χ4v) is 3.56. The average Bonchev–Trinajstić information content (AvgIpc) is 2.85. The van der Waals surface area contributed by atoms with Gasteiger partial charge in [0.25, 0.3) is 0 Å². The van der Waals surface area contributed by atoms with E-state index >= 15 is 0 Å². The summed E-state index contributed by atoms with van der Waals surface area (Å²) in [6, 6.07) is 3.23. The second-order valence-electron chi connectivity index (χ2n) is 9.17. The molecule has 0 radical (unpaired) electrons. The number of carbonyl (C=O) groups excluding carboxylic acids is 3. The van der Waals surface area contributed by atoms with Crippen molar-refractivity contribution in [2.75, 3.05) is 6.61 Å². The van der Waals surface area contributed by atoms with Crippen LogP contribution < -0.4 is 15.2 Å². The van der Waals surface area contributed by atoms with Crippen molar-refractivity contribution in [2.45, 2.75) is 91.5 Å². The first kappa shape index (κ1) is 31.1. The van der Waals surface area contributed by atoms with E-state index < -0.39 is 35.8 Å². The Morgan fingerprint density at radius 1 is 0.917 bits per heavy atom. The van der Waals surface area contributed by atoms with Crippen molar-refractivity contribution in [1.82, 2.24) is 0 Å². The molecule has 0 aromatic heterocycles. The van der Waals surface area contributed by atoms with Gasteiger partial charge in [-0.05, 0) is 42.9 Å². The molecular weight excluding hydrogens is 466 g/mol. The van der Waals surface area contributed by atoms with Crippen LogP contribution in [-0.4, -0.2) is 41.6 Å². The summed E-state index contributed by atoms with van der Waals surface area (Å²) in [6.07, 6.45) is 3.94. The highest BCUT2D eigenvalue weighted by atomic mass is 16.6. The van der Waals surface area contributed by atoms with E-state index in [9.17, 15) is 24.3 Å². The summed E-state index contributed by atoms with van der Waals surface area (Å²) in [5.74, 6) is -3.97. The molecule has 0 aliphatic heterocycles. The molecule has 4 atom stereocenters. The topological polar surface area (TPSA) is 142 Å². The number of carboxylic acids is 1. The zero-order valence-corrected chi connectivity index (χ0v) is 22.1. The van der Waals surface area contributed by atoms with Crippen molar-refractivity contribution in [1.29, 1.82) is 0 Å². The van der Waals surface area contributed by atoms with Crippen LogP contribution in [0.2, 0.25) is 0 Å². The Labute approximate surface area is 213 Å². The Morgan fingerprint density at radius 3 is 1.97 bits per heavy atom. The number of nitrogens with two attached hydrogens (primary N) is 1. The number of benzene rings is 1. The summed E-state index contributed by atoms with van der Waals surface area (Å²) in [5, 5.41) is 9.65. The van der Waals surface area contributed by atoms with E-state index in [4.69, 9.17) is 19.9 Å². The molecule has 0 fully saturated rings. The lowest BCUT2D eigenvalue weighted by Crippen LogP contribution is -2.40. The Hall–Kier alpha value is -2.94. The van der Waals surface area contributed by atoms with Gasteiger partial charge in [-0.15, -0.1) is 0 Å². The van der Waals surface area contributed by atoms with E-state index in [2.05, 4.69) is 0 Å². The summed E-state index contributed by atoms with van der Waals surface area (Å²) in [6.45, 7) is 9.24. The summed E-state index contributed by atoms with van der Waals surface area (Å²) >= 11 is 0. The second kappa shape index (κ2) is 15.9. The summed E-state index contributed by atoms with van der Waals surface area (Å²) in [5.41, 5.74) is 6.51. The molecule has 1 rings (SSSR count). The third kappa shape index (κ3) is 9.97. The van der Waals surface area contributed by atoms with Gasteiger partial charge in [0.05, 0.1) is 12.5 Å². The van der Waals surface area contributed by atoms with Crippen LogP contribution in [0.5, 0.6) is 11.5 Å². The molecule has 0 saturated carbocycles. The molecule has 3 unspecified atom stereocenters. The molecule has 9 nitrogen and oxygen atoms in total. The van der Waals surface area contributed by atoms with Gasteiger partial charge in [0, 0.05) is 18.8 Å². The molecule has 1 aromatic carbocycles. The largest absolute Gasteiger partial charge is 0.480 e. The second-order valence-corrected chi connectivity index (χ2v) is 9.17. The van der Waals surface area contributed by atoms with Crippen LogP contribution in [0.25, 0.3) is 0 Å². The lowest BCUT2D eigenvalue weighted by atomic mass is 9.82. The zero-order valence-electron chi connectivity index (χ0n) is 22.1. The molecule has 0 spiro atoms. The van der Waals surface area contributed by atoms with Gasteiger partial charge in [0.15, 0.2) is 11.5 Å². The molecular formula is C27H41NO8. The van der Waals surface area contributed by atoms with Gasteiger partial charge in [0.2, 0.25) is 0 Å². The predicted octanol–water partition coefficient (Wildman–Crippen LogP) is 4.60. The van der Waals surface area contributed by atoms with Gasteiger partial charge < -0.3 is 25.1 Å². The maximum atomic E-state index is 12.4. The maximum absolute atomic E-state index is 12.4. The summed E-state index contributed by atoms with van der Waals surface area (Å²) in [4.78, 5) is 48.6. The van der Waals surface area contributed by atoms with Gasteiger partial charge >= 0.3 is 23.9 Å². The van der Waals surface area contributed by atoms with Crippen molar-refractivity contribution in [2.24, 2.45) is 17.6 Å². The van der Waals surface area contributed by atoms with E-state index in [0.717, 1.165) is 12.8 Å².